The number of carbonyl (C=O) groups excluding carboxylic acids is 1. The van der Waals surface area contributed by atoms with E-state index in [0.29, 0.717) is 13.2 Å². The number of rotatable bonds is 6. The van der Waals surface area contributed by atoms with E-state index in [9.17, 15) is 4.79 Å². The lowest BCUT2D eigenvalue weighted by Gasteiger charge is -2.35. The molecule has 3 aliphatic heterocycles. The van der Waals surface area contributed by atoms with E-state index in [1.54, 1.807) is 16.2 Å². The third-order valence-corrected chi connectivity index (χ3v) is 9.49. The molecule has 9 heteroatoms. The van der Waals surface area contributed by atoms with E-state index in [1.165, 1.54) is 21.6 Å². The molecule has 198 valence electrons. The molecule has 0 spiro atoms. The number of benzene rings is 2. The van der Waals surface area contributed by atoms with E-state index < -0.39 is 0 Å². The number of hydrogen-bond donors (Lipinski definition) is 0. The van der Waals surface area contributed by atoms with Crippen molar-refractivity contribution in [1.82, 2.24) is 4.98 Å². The Kier molecular flexibility index (Phi) is 6.49. The molecule has 0 N–H and O–H groups in total. The molecular weight excluding hydrogens is 497 g/mol. The van der Waals surface area contributed by atoms with Crippen molar-refractivity contribution in [2.75, 3.05) is 29.5 Å². The van der Waals surface area contributed by atoms with Crippen LogP contribution >= 0.6 is 11.3 Å². The summed E-state index contributed by atoms with van der Waals surface area (Å²) in [6, 6.07) is 14.9. The average molecular weight is 531 g/mol. The zero-order valence-corrected chi connectivity index (χ0v) is 23.3. The summed E-state index contributed by atoms with van der Waals surface area (Å²) in [5, 5.41) is 1.04. The zero-order chi connectivity index (χ0) is 26.5. The lowest BCUT2D eigenvalue weighted by atomic mass is 9.78. The van der Waals surface area contributed by atoms with Crippen molar-refractivity contribution < 1.29 is 18.8 Å². The Labute approximate surface area is 228 Å². The maximum atomic E-state index is 12.0. The number of amides is 1. The highest BCUT2D eigenvalue weighted by atomic mass is 32.1. The largest absolute Gasteiger partial charge is 0.494 e. The van der Waals surface area contributed by atoms with E-state index in [2.05, 4.69) is 69.0 Å². The van der Waals surface area contributed by atoms with Gasteiger partial charge in [-0.3, -0.25) is 4.90 Å². The minimum Gasteiger partial charge on any atom is -0.447 e. The Hall–Kier alpha value is -2.88. The van der Waals surface area contributed by atoms with Gasteiger partial charge in [-0.05, 0) is 67.9 Å². The molecule has 0 aliphatic carbocycles. The second-order valence-corrected chi connectivity index (χ2v) is 12.2. The van der Waals surface area contributed by atoms with E-state index in [1.807, 2.05) is 12.3 Å². The van der Waals surface area contributed by atoms with Crippen molar-refractivity contribution in [3.8, 4) is 0 Å². The third kappa shape index (κ3) is 4.61. The summed E-state index contributed by atoms with van der Waals surface area (Å²) in [7, 11) is -0.336. The van der Waals surface area contributed by atoms with Crippen molar-refractivity contribution in [3.63, 3.8) is 0 Å². The normalized spacial score (nSPS) is 22.6. The molecule has 0 bridgehead atoms. The van der Waals surface area contributed by atoms with Crippen LogP contribution in [0.4, 0.5) is 15.6 Å². The molecule has 1 amide bonds. The van der Waals surface area contributed by atoms with Gasteiger partial charge in [0.05, 0.1) is 17.7 Å². The third-order valence-electron chi connectivity index (χ3n) is 8.43. The quantitative estimate of drug-likeness (QED) is 0.420. The maximum absolute atomic E-state index is 12.0. The fraction of sp³-hybridized carbons (Fsp3) is 0.448. The van der Waals surface area contributed by atoms with E-state index in [-0.39, 0.29) is 24.4 Å². The number of anilines is 2. The number of hydrogen-bond acceptors (Lipinski definition) is 7. The number of aromatic nitrogens is 1. The van der Waals surface area contributed by atoms with Gasteiger partial charge in [0.1, 0.15) is 6.61 Å². The molecule has 2 aromatic carbocycles. The summed E-state index contributed by atoms with van der Waals surface area (Å²) in [5.74, 6) is 0. The first-order chi connectivity index (χ1) is 18.2. The summed E-state index contributed by atoms with van der Waals surface area (Å²) in [6.45, 7) is 11.3. The summed E-state index contributed by atoms with van der Waals surface area (Å²) < 4.78 is 17.7. The van der Waals surface area contributed by atoms with Crippen LogP contribution in [0.3, 0.4) is 0 Å². The van der Waals surface area contributed by atoms with Crippen LogP contribution in [-0.4, -0.2) is 49.1 Å². The van der Waals surface area contributed by atoms with Crippen molar-refractivity contribution in [2.45, 2.75) is 64.7 Å². The Morgan fingerprint density at radius 1 is 1.05 bits per heavy atom. The zero-order valence-electron chi connectivity index (χ0n) is 22.5. The van der Waals surface area contributed by atoms with Gasteiger partial charge >= 0.3 is 13.2 Å². The molecule has 3 aliphatic rings. The van der Waals surface area contributed by atoms with E-state index in [4.69, 9.17) is 19.0 Å². The van der Waals surface area contributed by atoms with Crippen LogP contribution in [0.25, 0.3) is 0 Å². The minimum atomic E-state index is -0.336. The Morgan fingerprint density at radius 2 is 1.87 bits per heavy atom. The molecule has 0 radical (unpaired) electrons. The van der Waals surface area contributed by atoms with Gasteiger partial charge in [0.2, 0.25) is 0 Å². The van der Waals surface area contributed by atoms with Gasteiger partial charge in [-0.15, -0.1) is 11.3 Å². The van der Waals surface area contributed by atoms with Gasteiger partial charge in [0.15, 0.2) is 5.13 Å². The van der Waals surface area contributed by atoms with Crippen LogP contribution in [0.15, 0.2) is 48.7 Å². The highest BCUT2D eigenvalue weighted by Crippen LogP contribution is 2.39. The van der Waals surface area contributed by atoms with Gasteiger partial charge in [-0.25, -0.2) is 9.78 Å². The number of cyclic esters (lactones) is 1. The molecule has 1 atom stereocenters. The molecule has 38 heavy (non-hydrogen) atoms. The van der Waals surface area contributed by atoms with Crippen LogP contribution in [0.2, 0.25) is 0 Å². The number of thiazole rings is 1. The summed E-state index contributed by atoms with van der Waals surface area (Å²) in [5.41, 5.74) is 5.16. The molecule has 0 saturated carbocycles. The van der Waals surface area contributed by atoms with Crippen molar-refractivity contribution in [1.29, 1.82) is 0 Å². The van der Waals surface area contributed by atoms with Crippen molar-refractivity contribution in [2.24, 2.45) is 0 Å². The lowest BCUT2D eigenvalue weighted by Crippen LogP contribution is -2.44. The SMILES string of the molecule is CCC1(C)OB(c2ccc(Cc3cnc(N4CCc5ccc(N6CCOC6=O)cc5C4)s3)cc2)OC1(C)C. The first kappa shape index (κ1) is 25.4. The highest BCUT2D eigenvalue weighted by Gasteiger charge is 2.53. The maximum Gasteiger partial charge on any atom is 0.494 e. The predicted octanol–water partition coefficient (Wildman–Crippen LogP) is 4.94. The Bertz CT molecular complexity index is 1340. The highest BCUT2D eigenvalue weighted by molar-refractivity contribution is 7.15. The molecular formula is C29H34BN3O4S. The number of ether oxygens (including phenoxy) is 1. The number of nitrogens with zero attached hydrogens (tertiary/aromatic N) is 3. The van der Waals surface area contributed by atoms with Crippen LogP contribution in [0.1, 0.15) is 55.7 Å². The first-order valence-electron chi connectivity index (χ1n) is 13.4. The minimum absolute atomic E-state index is 0.262. The molecule has 2 fully saturated rings. The molecule has 1 aromatic heterocycles. The number of carbonyl (C=O) groups is 1. The van der Waals surface area contributed by atoms with Gasteiger partial charge in [-0.2, -0.15) is 0 Å². The average Bonchev–Trinajstić information content (AvgIpc) is 3.62. The summed E-state index contributed by atoms with van der Waals surface area (Å²) >= 11 is 1.75. The molecule has 1 unspecified atom stereocenters. The lowest BCUT2D eigenvalue weighted by molar-refractivity contribution is -0.0118. The second-order valence-electron chi connectivity index (χ2n) is 11.1. The van der Waals surface area contributed by atoms with E-state index >= 15 is 0 Å². The monoisotopic (exact) mass is 531 g/mol. The Balaban J connectivity index is 1.11. The molecule has 4 heterocycles. The van der Waals surface area contributed by atoms with Crippen molar-refractivity contribution >= 4 is 40.8 Å². The van der Waals surface area contributed by atoms with Crippen LogP contribution in [0, 0.1) is 0 Å². The molecule has 3 aromatic rings. The fourth-order valence-electron chi connectivity index (χ4n) is 5.46. The van der Waals surface area contributed by atoms with Gasteiger partial charge < -0.3 is 18.9 Å². The van der Waals surface area contributed by atoms with Crippen LogP contribution in [0.5, 0.6) is 0 Å². The topological polar surface area (TPSA) is 64.1 Å². The fourth-order valence-corrected chi connectivity index (χ4v) is 6.43. The predicted molar refractivity (Wildman–Crippen MR) is 152 cm³/mol. The van der Waals surface area contributed by atoms with Crippen molar-refractivity contribution in [3.05, 3.63) is 70.2 Å². The summed E-state index contributed by atoms with van der Waals surface area (Å²) in [6.07, 6.45) is 4.45. The smallest absolute Gasteiger partial charge is 0.447 e. The number of fused-ring (bicyclic) bond motifs is 1. The van der Waals surface area contributed by atoms with Gasteiger partial charge in [-0.1, -0.05) is 37.3 Å². The first-order valence-corrected chi connectivity index (χ1v) is 14.3. The van der Waals surface area contributed by atoms with E-state index in [0.717, 1.165) is 48.6 Å². The van der Waals surface area contributed by atoms with Crippen LogP contribution < -0.4 is 15.3 Å². The second kappa shape index (κ2) is 9.70. The van der Waals surface area contributed by atoms with Gasteiger partial charge in [0, 0.05) is 36.3 Å². The molecule has 7 nitrogen and oxygen atoms in total. The van der Waals surface area contributed by atoms with Gasteiger partial charge in [0.25, 0.3) is 0 Å². The summed E-state index contributed by atoms with van der Waals surface area (Å²) in [4.78, 5) is 22.1. The molecule has 2 saturated heterocycles. The Morgan fingerprint density at radius 3 is 2.58 bits per heavy atom. The standard InChI is InChI=1S/C29H34BN3O4S/c1-5-29(4)28(2,3)36-30(37-29)23-9-6-20(7-10-23)16-25-18-31-26(38-25)32-13-12-21-8-11-24(17-22(21)19-32)33-14-15-35-27(33)34/h6-11,17-18H,5,12-16,19H2,1-4H3. The van der Waals surface area contributed by atoms with Crippen LogP contribution in [-0.2, 0) is 33.4 Å². The molecule has 6 rings (SSSR count).